The van der Waals surface area contributed by atoms with E-state index < -0.39 is 5.60 Å². The second-order valence-corrected chi connectivity index (χ2v) is 7.28. The van der Waals surface area contributed by atoms with Crippen LogP contribution >= 0.6 is 11.6 Å². The number of halogens is 1. The van der Waals surface area contributed by atoms with Gasteiger partial charge in [0.15, 0.2) is 11.4 Å². The molecule has 5 nitrogen and oxygen atoms in total. The number of hydrogen-bond donors (Lipinski definition) is 2. The summed E-state index contributed by atoms with van der Waals surface area (Å²) in [5.41, 5.74) is 1.21. The minimum Gasteiger partial charge on any atom is -0.373 e. The molecule has 3 aromatic rings. The topological polar surface area (TPSA) is 67.2 Å². The molecule has 0 aliphatic rings. The lowest BCUT2D eigenvalue weighted by Gasteiger charge is -2.30. The number of carbonyl (C=O) groups is 1. The molecular weight excluding hydrogens is 398 g/mol. The summed E-state index contributed by atoms with van der Waals surface area (Å²) in [7, 11) is 1.81. The number of benzene rings is 2. The Kier molecular flexibility index (Phi) is 6.25. The lowest BCUT2D eigenvalue weighted by molar-refractivity contribution is 0.0954. The van der Waals surface area contributed by atoms with Gasteiger partial charge in [-0.1, -0.05) is 55.1 Å². The van der Waals surface area contributed by atoms with E-state index in [1.54, 1.807) is 65.3 Å². The van der Waals surface area contributed by atoms with Gasteiger partial charge in [0.1, 0.15) is 0 Å². The summed E-state index contributed by atoms with van der Waals surface area (Å²) < 4.78 is 1.79. The molecule has 6 heteroatoms. The fraction of sp³-hybridized carbons (Fsp3) is 0.167. The Morgan fingerprint density at radius 3 is 2.73 bits per heavy atom. The first-order valence-electron chi connectivity index (χ1n) is 9.56. The summed E-state index contributed by atoms with van der Waals surface area (Å²) >= 11 is 6.17. The second kappa shape index (κ2) is 8.69. The molecule has 1 amide bonds. The molecule has 0 aliphatic carbocycles. The molecule has 1 heterocycles. The zero-order valence-corrected chi connectivity index (χ0v) is 17.8. The summed E-state index contributed by atoms with van der Waals surface area (Å²) in [6, 6.07) is 12.2. The summed E-state index contributed by atoms with van der Waals surface area (Å²) in [6.07, 6.45) is 4.82. The second-order valence-electron chi connectivity index (χ2n) is 6.84. The molecule has 3 rings (SSSR count). The van der Waals surface area contributed by atoms with Crippen LogP contribution in [-0.2, 0) is 12.6 Å². The first kappa shape index (κ1) is 21.6. The lowest BCUT2D eigenvalue weighted by Crippen LogP contribution is -2.33. The number of nitrogens with zero attached hydrogens (tertiary/aromatic N) is 2. The number of aliphatic hydroxyl groups is 1. The highest BCUT2D eigenvalue weighted by Crippen LogP contribution is 2.38. The van der Waals surface area contributed by atoms with Crippen LogP contribution in [0.4, 0.5) is 0 Å². The molecule has 0 saturated heterocycles. The van der Waals surface area contributed by atoms with Gasteiger partial charge < -0.3 is 15.0 Å². The highest BCUT2D eigenvalue weighted by atomic mass is 35.5. The normalized spacial score (nSPS) is 13.7. The fourth-order valence-corrected chi connectivity index (χ4v) is 3.69. The van der Waals surface area contributed by atoms with Gasteiger partial charge in [-0.3, -0.25) is 4.79 Å². The van der Waals surface area contributed by atoms with Gasteiger partial charge in [0.05, 0.1) is 11.0 Å². The average molecular weight is 422 g/mol. The number of carbonyl (C=O) groups excluding carboxylic acids is 1. The minimum absolute atomic E-state index is 0.216. The van der Waals surface area contributed by atoms with Crippen LogP contribution in [0.3, 0.4) is 0 Å². The fourth-order valence-electron chi connectivity index (χ4n) is 3.52. The molecule has 0 radical (unpaired) electrons. The number of rotatable bonds is 7. The number of aryl methyl sites for hydroxylation is 1. The third-order valence-corrected chi connectivity index (χ3v) is 5.22. The van der Waals surface area contributed by atoms with E-state index in [-0.39, 0.29) is 5.91 Å². The minimum atomic E-state index is -1.67. The molecule has 154 valence electrons. The Morgan fingerprint density at radius 2 is 2.07 bits per heavy atom. The van der Waals surface area contributed by atoms with Gasteiger partial charge in [0, 0.05) is 24.2 Å². The van der Waals surface area contributed by atoms with Crippen molar-refractivity contribution >= 4 is 28.5 Å². The van der Waals surface area contributed by atoms with Crippen LogP contribution in [0.5, 0.6) is 0 Å². The van der Waals surface area contributed by atoms with Gasteiger partial charge in [-0.2, -0.15) is 0 Å². The average Bonchev–Trinajstić information content (AvgIpc) is 3.08. The Hall–Kier alpha value is -3.15. The number of allylic oxidation sites excluding steroid dienone is 2. The van der Waals surface area contributed by atoms with Crippen LogP contribution < -0.4 is 5.32 Å². The van der Waals surface area contributed by atoms with E-state index in [4.69, 9.17) is 16.6 Å². The molecule has 0 spiro atoms. The van der Waals surface area contributed by atoms with Crippen molar-refractivity contribution in [3.05, 3.63) is 101 Å². The van der Waals surface area contributed by atoms with E-state index in [1.165, 1.54) is 0 Å². The molecule has 1 aromatic heterocycles. The molecule has 1 unspecified atom stereocenters. The maximum Gasteiger partial charge on any atom is 0.251 e. The largest absolute Gasteiger partial charge is 0.373 e. The number of hydrogen-bond acceptors (Lipinski definition) is 3. The number of aromatic nitrogens is 2. The molecule has 2 aromatic carbocycles. The number of amides is 1. The predicted octanol–water partition coefficient (Wildman–Crippen LogP) is 4.51. The van der Waals surface area contributed by atoms with Crippen molar-refractivity contribution < 1.29 is 9.90 Å². The third kappa shape index (κ3) is 3.70. The summed E-state index contributed by atoms with van der Waals surface area (Å²) in [4.78, 5) is 17.1. The maximum absolute atomic E-state index is 12.4. The quantitative estimate of drug-likeness (QED) is 0.551. The zero-order valence-electron chi connectivity index (χ0n) is 17.0. The van der Waals surface area contributed by atoms with E-state index in [9.17, 15) is 9.90 Å². The number of fused-ring (bicyclic) bond motifs is 1. The molecular formula is C24H24ClN3O2. The van der Waals surface area contributed by atoms with Crippen molar-refractivity contribution in [3.8, 4) is 0 Å². The van der Waals surface area contributed by atoms with Crippen LogP contribution in [0.2, 0.25) is 5.02 Å². The summed E-state index contributed by atoms with van der Waals surface area (Å²) in [6.45, 7) is 9.98. The molecule has 30 heavy (non-hydrogen) atoms. The van der Waals surface area contributed by atoms with Crippen LogP contribution in [-0.4, -0.2) is 27.1 Å². The Morgan fingerprint density at radius 1 is 1.30 bits per heavy atom. The molecule has 2 N–H and O–H groups in total. The van der Waals surface area contributed by atoms with E-state index in [1.807, 2.05) is 14.0 Å². The molecule has 1 atom stereocenters. The Labute approximate surface area is 181 Å². The Balaban J connectivity index is 2.32. The van der Waals surface area contributed by atoms with Crippen molar-refractivity contribution in [2.75, 3.05) is 6.54 Å². The highest BCUT2D eigenvalue weighted by molar-refractivity contribution is 6.31. The number of imidazole rings is 1. The first-order valence-corrected chi connectivity index (χ1v) is 9.93. The summed E-state index contributed by atoms with van der Waals surface area (Å²) in [5.74, 6) is 0.159. The van der Waals surface area contributed by atoms with Gasteiger partial charge in [-0.05, 0) is 48.4 Å². The van der Waals surface area contributed by atoms with Gasteiger partial charge in [-0.15, -0.1) is 0 Å². The molecule has 0 fully saturated rings. The van der Waals surface area contributed by atoms with E-state index in [0.717, 1.165) is 5.52 Å². The van der Waals surface area contributed by atoms with Crippen molar-refractivity contribution in [2.45, 2.75) is 12.5 Å². The maximum atomic E-state index is 12.4. The molecule has 0 bridgehead atoms. The standard InChI is InChI=1S/C24H24ClN3O2/c1-5-9-17(6-2)24(30,18-11-8-10-16(14-18)22(29)26-7-3)23-27-20-13-12-19(25)15-21(20)28(23)4/h5-6,8-15,30H,1-2,7H2,3-4H3,(H,26,29)/b17-9+. The van der Waals surface area contributed by atoms with E-state index in [0.29, 0.717) is 39.6 Å². The van der Waals surface area contributed by atoms with Crippen LogP contribution in [0, 0.1) is 0 Å². The molecule has 0 saturated carbocycles. The number of nitrogens with one attached hydrogen (secondary N) is 1. The predicted molar refractivity (Wildman–Crippen MR) is 122 cm³/mol. The highest BCUT2D eigenvalue weighted by Gasteiger charge is 2.39. The van der Waals surface area contributed by atoms with E-state index >= 15 is 0 Å². The van der Waals surface area contributed by atoms with E-state index in [2.05, 4.69) is 18.5 Å². The monoisotopic (exact) mass is 421 g/mol. The first-order chi connectivity index (χ1) is 14.4. The van der Waals surface area contributed by atoms with Crippen LogP contribution in [0.25, 0.3) is 11.0 Å². The molecule has 0 aliphatic heterocycles. The van der Waals surface area contributed by atoms with Gasteiger partial charge in [-0.25, -0.2) is 4.98 Å². The van der Waals surface area contributed by atoms with Crippen molar-refractivity contribution in [3.63, 3.8) is 0 Å². The zero-order chi connectivity index (χ0) is 21.9. The smallest absolute Gasteiger partial charge is 0.251 e. The van der Waals surface area contributed by atoms with Crippen LogP contribution in [0.1, 0.15) is 28.7 Å². The Bertz CT molecular complexity index is 1160. The van der Waals surface area contributed by atoms with Gasteiger partial charge in [0.25, 0.3) is 5.91 Å². The van der Waals surface area contributed by atoms with Crippen molar-refractivity contribution in [1.29, 1.82) is 0 Å². The van der Waals surface area contributed by atoms with Crippen molar-refractivity contribution in [2.24, 2.45) is 7.05 Å². The van der Waals surface area contributed by atoms with Crippen LogP contribution in [0.15, 0.2) is 79.4 Å². The van der Waals surface area contributed by atoms with Gasteiger partial charge in [0.2, 0.25) is 0 Å². The van der Waals surface area contributed by atoms with Gasteiger partial charge >= 0.3 is 0 Å². The SMILES string of the molecule is C=C/C=C(\C=C)C(O)(c1cccc(C(=O)NCC)c1)c1nc2ccc(Cl)cc2n1C. The lowest BCUT2D eigenvalue weighted by atomic mass is 9.83. The summed E-state index contributed by atoms with van der Waals surface area (Å²) in [5, 5.41) is 15.5. The van der Waals surface area contributed by atoms with Crippen molar-refractivity contribution in [1.82, 2.24) is 14.9 Å². The third-order valence-electron chi connectivity index (χ3n) is 4.98.